The van der Waals surface area contributed by atoms with Gasteiger partial charge in [0.2, 0.25) is 0 Å². The second-order valence-electron chi connectivity index (χ2n) is 5.78. The highest BCUT2D eigenvalue weighted by atomic mass is 19.1. The molecule has 144 valence electrons. The van der Waals surface area contributed by atoms with E-state index in [0.29, 0.717) is 11.3 Å². The lowest BCUT2D eigenvalue weighted by Gasteiger charge is -2.23. The normalized spacial score (nSPS) is 10.4. The number of carbonyl (C=O) groups is 1. The first-order valence-corrected chi connectivity index (χ1v) is 8.16. The molecule has 0 aliphatic heterocycles. The number of nitrogens with two attached hydrogens (primary N) is 1. The van der Waals surface area contributed by atoms with E-state index >= 15 is 0 Å². The average Bonchev–Trinajstić information content (AvgIpc) is 2.70. The van der Waals surface area contributed by atoms with E-state index < -0.39 is 17.6 Å². The van der Waals surface area contributed by atoms with E-state index in [-0.39, 0.29) is 23.0 Å². The number of ether oxygens (including phenoxy) is 1. The highest BCUT2D eigenvalue weighted by Crippen LogP contribution is 2.34. The van der Waals surface area contributed by atoms with Gasteiger partial charge in [0.05, 0.1) is 24.0 Å². The zero-order chi connectivity index (χ0) is 20.3. The molecule has 2 aromatic carbocycles. The Morgan fingerprint density at radius 3 is 2.64 bits per heavy atom. The van der Waals surface area contributed by atoms with Gasteiger partial charge in [-0.25, -0.2) is 23.5 Å². The van der Waals surface area contributed by atoms with Crippen LogP contribution in [0, 0.1) is 11.6 Å². The largest absolute Gasteiger partial charge is 0.465 e. The molecule has 28 heavy (non-hydrogen) atoms. The van der Waals surface area contributed by atoms with Crippen molar-refractivity contribution in [3.05, 3.63) is 66.0 Å². The van der Waals surface area contributed by atoms with Crippen molar-refractivity contribution in [2.75, 3.05) is 30.1 Å². The summed E-state index contributed by atoms with van der Waals surface area (Å²) in [4.78, 5) is 21.8. The molecule has 1 aromatic heterocycles. The predicted molar refractivity (Wildman–Crippen MR) is 102 cm³/mol. The zero-order valence-electron chi connectivity index (χ0n) is 15.1. The maximum Gasteiger partial charge on any atom is 0.339 e. The molecular formula is C19H17F2N5O2. The van der Waals surface area contributed by atoms with Crippen LogP contribution in [-0.2, 0) is 4.74 Å². The monoisotopic (exact) mass is 385 g/mol. The molecule has 0 spiro atoms. The van der Waals surface area contributed by atoms with Crippen molar-refractivity contribution in [1.82, 2.24) is 9.97 Å². The number of nitrogens with zero attached hydrogens (tertiary/aromatic N) is 3. The molecule has 0 aliphatic carbocycles. The van der Waals surface area contributed by atoms with E-state index in [1.807, 2.05) is 0 Å². The average molecular weight is 385 g/mol. The lowest BCUT2D eigenvalue weighted by Crippen LogP contribution is -2.18. The minimum absolute atomic E-state index is 0.00960. The van der Waals surface area contributed by atoms with E-state index in [2.05, 4.69) is 15.3 Å². The van der Waals surface area contributed by atoms with Gasteiger partial charge >= 0.3 is 5.97 Å². The van der Waals surface area contributed by atoms with E-state index in [0.717, 1.165) is 12.1 Å². The first kappa shape index (κ1) is 19.0. The fourth-order valence-electron chi connectivity index (χ4n) is 2.63. The number of hydrogen-bond donors (Lipinski definition) is 2. The van der Waals surface area contributed by atoms with Crippen LogP contribution in [-0.4, -0.2) is 30.1 Å². The van der Waals surface area contributed by atoms with Crippen LogP contribution in [0.1, 0.15) is 10.4 Å². The van der Waals surface area contributed by atoms with Gasteiger partial charge in [-0.1, -0.05) is 12.1 Å². The Kier molecular flexibility index (Phi) is 5.35. The standard InChI is InChI=1S/C19H17F2N5O2/c1-26(15-6-4-3-5-12(15)19(27)28-2)18-16(22)17(23-10-24-18)25-14-8-7-11(20)9-13(14)21/h3-10H,22H2,1-2H3,(H,23,24,25). The lowest BCUT2D eigenvalue weighted by molar-refractivity contribution is 0.0601. The number of carbonyl (C=O) groups excluding carboxylic acids is 1. The number of methoxy groups -OCH3 is 1. The van der Waals surface area contributed by atoms with Crippen molar-refractivity contribution in [2.45, 2.75) is 0 Å². The van der Waals surface area contributed by atoms with Gasteiger partial charge in [0.15, 0.2) is 11.6 Å². The molecule has 0 amide bonds. The Hall–Kier alpha value is -3.75. The number of esters is 1. The van der Waals surface area contributed by atoms with Crippen molar-refractivity contribution in [3.63, 3.8) is 0 Å². The Bertz CT molecular complexity index is 1030. The number of hydrogen-bond acceptors (Lipinski definition) is 7. The summed E-state index contributed by atoms with van der Waals surface area (Å²) in [5.74, 6) is -1.57. The summed E-state index contributed by atoms with van der Waals surface area (Å²) in [5.41, 5.74) is 7.13. The summed E-state index contributed by atoms with van der Waals surface area (Å²) < 4.78 is 31.8. The van der Waals surface area contributed by atoms with Crippen molar-refractivity contribution in [3.8, 4) is 0 Å². The van der Waals surface area contributed by atoms with Crippen molar-refractivity contribution < 1.29 is 18.3 Å². The first-order chi connectivity index (χ1) is 13.4. The smallest absolute Gasteiger partial charge is 0.339 e. The van der Waals surface area contributed by atoms with Gasteiger partial charge in [0.25, 0.3) is 0 Å². The number of para-hydroxylation sites is 1. The molecular weight excluding hydrogens is 368 g/mol. The van der Waals surface area contributed by atoms with Crippen molar-refractivity contribution in [2.24, 2.45) is 0 Å². The number of halogens is 2. The maximum atomic E-state index is 13.9. The molecule has 0 unspecified atom stereocenters. The van der Waals surface area contributed by atoms with Crippen LogP contribution in [0.5, 0.6) is 0 Å². The van der Waals surface area contributed by atoms with Crippen LogP contribution in [0.25, 0.3) is 0 Å². The molecule has 3 rings (SSSR count). The minimum Gasteiger partial charge on any atom is -0.465 e. The molecule has 0 aliphatic rings. The Balaban J connectivity index is 1.98. The molecule has 0 fully saturated rings. The second kappa shape index (κ2) is 7.87. The summed E-state index contributed by atoms with van der Waals surface area (Å²) >= 11 is 0. The second-order valence-corrected chi connectivity index (χ2v) is 5.78. The summed E-state index contributed by atoms with van der Waals surface area (Å²) in [5, 5.41) is 2.73. The van der Waals surface area contributed by atoms with E-state index in [1.165, 1.54) is 19.5 Å². The Morgan fingerprint density at radius 2 is 1.93 bits per heavy atom. The fraction of sp³-hybridized carbons (Fsp3) is 0.105. The van der Waals surface area contributed by atoms with Gasteiger partial charge in [-0.05, 0) is 24.3 Å². The predicted octanol–water partition coefficient (Wildman–Crippen LogP) is 3.64. The van der Waals surface area contributed by atoms with E-state index in [4.69, 9.17) is 10.5 Å². The molecule has 9 heteroatoms. The highest BCUT2D eigenvalue weighted by Gasteiger charge is 2.20. The fourth-order valence-corrected chi connectivity index (χ4v) is 2.63. The maximum absolute atomic E-state index is 13.9. The number of nitrogen functional groups attached to an aromatic ring is 1. The molecule has 0 radical (unpaired) electrons. The van der Waals surface area contributed by atoms with Gasteiger partial charge in [0, 0.05) is 13.1 Å². The topological polar surface area (TPSA) is 93.4 Å². The third kappa shape index (κ3) is 3.68. The minimum atomic E-state index is -0.788. The Morgan fingerprint density at radius 1 is 1.18 bits per heavy atom. The van der Waals surface area contributed by atoms with Gasteiger partial charge in [-0.3, -0.25) is 0 Å². The van der Waals surface area contributed by atoms with Gasteiger partial charge < -0.3 is 20.7 Å². The number of aromatic nitrogens is 2. The number of anilines is 5. The van der Waals surface area contributed by atoms with Crippen LogP contribution >= 0.6 is 0 Å². The van der Waals surface area contributed by atoms with Crippen LogP contribution < -0.4 is 16.0 Å². The highest BCUT2D eigenvalue weighted by molar-refractivity contribution is 5.97. The van der Waals surface area contributed by atoms with Gasteiger partial charge in [-0.15, -0.1) is 0 Å². The summed E-state index contributed by atoms with van der Waals surface area (Å²) in [6, 6.07) is 9.88. The molecule has 0 atom stereocenters. The molecule has 0 saturated heterocycles. The molecule has 3 N–H and O–H groups in total. The van der Waals surface area contributed by atoms with Gasteiger partial charge in [-0.2, -0.15) is 0 Å². The Labute approximate surface area is 159 Å². The van der Waals surface area contributed by atoms with E-state index in [1.54, 1.807) is 36.2 Å². The third-order valence-electron chi connectivity index (χ3n) is 4.04. The van der Waals surface area contributed by atoms with Crippen molar-refractivity contribution >= 4 is 34.7 Å². The summed E-state index contributed by atoms with van der Waals surface area (Å²) in [6.45, 7) is 0. The summed E-state index contributed by atoms with van der Waals surface area (Å²) in [6.07, 6.45) is 1.24. The molecule has 0 saturated carbocycles. The van der Waals surface area contributed by atoms with Crippen LogP contribution in [0.3, 0.4) is 0 Å². The summed E-state index contributed by atoms with van der Waals surface area (Å²) in [7, 11) is 2.96. The molecule has 3 aromatic rings. The molecule has 1 heterocycles. The van der Waals surface area contributed by atoms with E-state index in [9.17, 15) is 13.6 Å². The third-order valence-corrected chi connectivity index (χ3v) is 4.04. The lowest BCUT2D eigenvalue weighted by atomic mass is 10.1. The number of rotatable bonds is 5. The molecule has 0 bridgehead atoms. The number of benzene rings is 2. The number of nitrogens with one attached hydrogen (secondary N) is 1. The first-order valence-electron chi connectivity index (χ1n) is 8.16. The molecule has 7 nitrogen and oxygen atoms in total. The zero-order valence-corrected chi connectivity index (χ0v) is 15.1. The van der Waals surface area contributed by atoms with Crippen LogP contribution in [0.4, 0.5) is 37.5 Å². The van der Waals surface area contributed by atoms with Crippen LogP contribution in [0.15, 0.2) is 48.8 Å². The quantitative estimate of drug-likeness (QED) is 0.648. The van der Waals surface area contributed by atoms with Gasteiger partial charge in [0.1, 0.15) is 23.6 Å². The van der Waals surface area contributed by atoms with Crippen molar-refractivity contribution in [1.29, 1.82) is 0 Å². The SMILES string of the molecule is COC(=O)c1ccccc1N(C)c1ncnc(Nc2ccc(F)cc2F)c1N. The van der Waals surface area contributed by atoms with Crippen LogP contribution in [0.2, 0.25) is 0 Å².